The van der Waals surface area contributed by atoms with Crippen molar-refractivity contribution in [2.45, 2.75) is 33.2 Å². The normalized spacial score (nSPS) is 14.0. The van der Waals surface area contributed by atoms with Gasteiger partial charge in [0.15, 0.2) is 6.61 Å². The molecular formula is C20H24N2O3S. The second kappa shape index (κ2) is 8.36. The Morgan fingerprint density at radius 3 is 2.92 bits per heavy atom. The summed E-state index contributed by atoms with van der Waals surface area (Å²) in [6.07, 6.45) is 1.32. The molecule has 0 atom stereocenters. The molecule has 26 heavy (non-hydrogen) atoms. The number of thiophene rings is 1. The third kappa shape index (κ3) is 4.85. The van der Waals surface area contributed by atoms with E-state index in [0.717, 1.165) is 22.5 Å². The highest BCUT2D eigenvalue weighted by molar-refractivity contribution is 7.10. The maximum absolute atomic E-state index is 12.3. The van der Waals surface area contributed by atoms with Crippen molar-refractivity contribution in [3.63, 3.8) is 0 Å². The number of benzene rings is 1. The Kier molecular flexibility index (Phi) is 5.93. The fourth-order valence-electron chi connectivity index (χ4n) is 2.84. The number of nitrogens with one attached hydrogen (secondary N) is 1. The van der Waals surface area contributed by atoms with E-state index in [0.29, 0.717) is 31.2 Å². The van der Waals surface area contributed by atoms with Crippen LogP contribution in [-0.4, -0.2) is 29.9 Å². The summed E-state index contributed by atoms with van der Waals surface area (Å²) >= 11 is 1.57. The number of ether oxygens (including phenoxy) is 1. The molecule has 1 aromatic heterocycles. The number of amides is 2. The predicted molar refractivity (Wildman–Crippen MR) is 103 cm³/mol. The van der Waals surface area contributed by atoms with Crippen molar-refractivity contribution in [1.82, 2.24) is 4.90 Å². The van der Waals surface area contributed by atoms with Gasteiger partial charge in [-0.1, -0.05) is 19.9 Å². The van der Waals surface area contributed by atoms with Crippen LogP contribution < -0.4 is 10.1 Å². The van der Waals surface area contributed by atoms with Crippen LogP contribution in [0.5, 0.6) is 5.75 Å². The number of carbonyl (C=O) groups excluding carboxylic acids is 2. The first kappa shape index (κ1) is 18.5. The zero-order valence-corrected chi connectivity index (χ0v) is 16.0. The van der Waals surface area contributed by atoms with Crippen LogP contribution in [0, 0.1) is 5.92 Å². The highest BCUT2D eigenvalue weighted by atomic mass is 32.1. The van der Waals surface area contributed by atoms with E-state index in [2.05, 4.69) is 19.2 Å². The molecule has 2 aromatic rings. The van der Waals surface area contributed by atoms with Crippen molar-refractivity contribution in [3.8, 4) is 5.75 Å². The quantitative estimate of drug-likeness (QED) is 0.841. The van der Waals surface area contributed by atoms with Gasteiger partial charge in [-0.25, -0.2) is 0 Å². The minimum absolute atomic E-state index is 0.00475. The topological polar surface area (TPSA) is 58.6 Å². The molecule has 3 rings (SSSR count). The SMILES string of the molecule is CC(C)CCN1Cc2cc(NC(=O)Cc3cccs3)ccc2OCC1=O. The van der Waals surface area contributed by atoms with Crippen molar-refractivity contribution in [2.24, 2.45) is 5.92 Å². The lowest BCUT2D eigenvalue weighted by atomic mass is 10.1. The van der Waals surface area contributed by atoms with Gasteiger partial charge in [-0.3, -0.25) is 9.59 Å². The highest BCUT2D eigenvalue weighted by Crippen LogP contribution is 2.27. The number of carbonyl (C=O) groups is 2. The molecule has 0 spiro atoms. The third-order valence-electron chi connectivity index (χ3n) is 4.30. The summed E-state index contributed by atoms with van der Waals surface area (Å²) in [5, 5.41) is 4.90. The van der Waals surface area contributed by atoms with Crippen molar-refractivity contribution in [2.75, 3.05) is 18.5 Å². The number of fused-ring (bicyclic) bond motifs is 1. The van der Waals surface area contributed by atoms with Gasteiger partial charge < -0.3 is 15.0 Å². The van der Waals surface area contributed by atoms with E-state index < -0.39 is 0 Å². The zero-order chi connectivity index (χ0) is 18.5. The van der Waals surface area contributed by atoms with E-state index >= 15 is 0 Å². The summed E-state index contributed by atoms with van der Waals surface area (Å²) in [5.41, 5.74) is 1.65. The van der Waals surface area contributed by atoms with E-state index in [1.165, 1.54) is 0 Å². The average molecular weight is 372 g/mol. The van der Waals surface area contributed by atoms with Gasteiger partial charge in [0.2, 0.25) is 5.91 Å². The average Bonchev–Trinajstić information content (AvgIpc) is 3.04. The first-order chi connectivity index (χ1) is 12.5. The van der Waals surface area contributed by atoms with Crippen LogP contribution in [0.3, 0.4) is 0 Å². The molecule has 0 unspecified atom stereocenters. The van der Waals surface area contributed by atoms with E-state index in [9.17, 15) is 9.59 Å². The molecule has 0 radical (unpaired) electrons. The Morgan fingerprint density at radius 1 is 1.35 bits per heavy atom. The molecule has 1 aromatic carbocycles. The van der Waals surface area contributed by atoms with Crippen LogP contribution in [0.25, 0.3) is 0 Å². The summed E-state index contributed by atoms with van der Waals surface area (Å²) in [6.45, 7) is 5.58. The summed E-state index contributed by atoms with van der Waals surface area (Å²) in [5.74, 6) is 1.20. The van der Waals surface area contributed by atoms with Crippen LogP contribution in [-0.2, 0) is 22.6 Å². The van der Waals surface area contributed by atoms with E-state index in [1.807, 2.05) is 40.6 Å². The largest absolute Gasteiger partial charge is 0.483 e. The lowest BCUT2D eigenvalue weighted by Crippen LogP contribution is -2.33. The maximum atomic E-state index is 12.3. The summed E-state index contributed by atoms with van der Waals surface area (Å²) in [7, 11) is 0. The monoisotopic (exact) mass is 372 g/mol. The molecule has 2 amide bonds. The second-order valence-electron chi connectivity index (χ2n) is 6.91. The summed E-state index contributed by atoms with van der Waals surface area (Å²) in [6, 6.07) is 9.44. The molecule has 1 N–H and O–H groups in total. The Bertz CT molecular complexity index is 771. The zero-order valence-electron chi connectivity index (χ0n) is 15.2. The molecule has 2 heterocycles. The Labute approximate surface area is 158 Å². The molecule has 1 aliphatic heterocycles. The van der Waals surface area contributed by atoms with Crippen LogP contribution in [0.4, 0.5) is 5.69 Å². The molecule has 1 aliphatic rings. The molecule has 138 valence electrons. The summed E-state index contributed by atoms with van der Waals surface area (Å²) < 4.78 is 5.64. The highest BCUT2D eigenvalue weighted by Gasteiger charge is 2.22. The molecule has 0 fully saturated rings. The van der Waals surface area contributed by atoms with E-state index in [1.54, 1.807) is 11.3 Å². The number of hydrogen-bond donors (Lipinski definition) is 1. The van der Waals surface area contributed by atoms with Crippen LogP contribution in [0.2, 0.25) is 0 Å². The van der Waals surface area contributed by atoms with Crippen molar-refractivity contribution >= 4 is 28.8 Å². The van der Waals surface area contributed by atoms with Crippen molar-refractivity contribution in [1.29, 1.82) is 0 Å². The fraction of sp³-hybridized carbons (Fsp3) is 0.400. The summed E-state index contributed by atoms with van der Waals surface area (Å²) in [4.78, 5) is 27.3. The fourth-order valence-corrected chi connectivity index (χ4v) is 3.54. The molecule has 0 aliphatic carbocycles. The Morgan fingerprint density at radius 2 is 2.19 bits per heavy atom. The van der Waals surface area contributed by atoms with E-state index in [4.69, 9.17) is 4.74 Å². The molecule has 0 saturated carbocycles. The van der Waals surface area contributed by atoms with E-state index in [-0.39, 0.29) is 18.4 Å². The number of nitrogens with zero attached hydrogens (tertiary/aromatic N) is 1. The van der Waals surface area contributed by atoms with Gasteiger partial charge in [0.25, 0.3) is 5.91 Å². The molecule has 5 nitrogen and oxygen atoms in total. The minimum Gasteiger partial charge on any atom is -0.483 e. The Hall–Kier alpha value is -2.34. The smallest absolute Gasteiger partial charge is 0.260 e. The first-order valence-electron chi connectivity index (χ1n) is 8.87. The van der Waals surface area contributed by atoms with Crippen molar-refractivity contribution in [3.05, 3.63) is 46.2 Å². The number of anilines is 1. The maximum Gasteiger partial charge on any atom is 0.260 e. The standard InChI is InChI=1S/C20H24N2O3S/c1-14(2)7-8-22-12-15-10-16(5-6-18(15)25-13-20(22)24)21-19(23)11-17-4-3-9-26-17/h3-6,9-10,14H,7-8,11-13H2,1-2H3,(H,21,23). The third-order valence-corrected chi connectivity index (χ3v) is 5.18. The molecule has 6 heteroatoms. The van der Waals surface area contributed by atoms with Crippen LogP contribution >= 0.6 is 11.3 Å². The van der Waals surface area contributed by atoms with Gasteiger partial charge in [0.05, 0.1) is 6.42 Å². The van der Waals surface area contributed by atoms with Gasteiger partial charge in [-0.2, -0.15) is 0 Å². The van der Waals surface area contributed by atoms with Crippen molar-refractivity contribution < 1.29 is 14.3 Å². The van der Waals surface area contributed by atoms with Gasteiger partial charge in [-0.15, -0.1) is 11.3 Å². The second-order valence-corrected chi connectivity index (χ2v) is 7.95. The van der Waals surface area contributed by atoms with Gasteiger partial charge in [0, 0.05) is 29.2 Å². The first-order valence-corrected chi connectivity index (χ1v) is 9.75. The van der Waals surface area contributed by atoms with Crippen LogP contribution in [0.1, 0.15) is 30.7 Å². The lowest BCUT2D eigenvalue weighted by Gasteiger charge is -2.21. The predicted octanol–water partition coefficient (Wildman–Crippen LogP) is 3.70. The molecule has 0 saturated heterocycles. The Balaban J connectivity index is 1.69. The minimum atomic E-state index is -0.0466. The number of rotatable bonds is 6. The number of hydrogen-bond acceptors (Lipinski definition) is 4. The molecular weight excluding hydrogens is 348 g/mol. The van der Waals surface area contributed by atoms with Gasteiger partial charge in [0.1, 0.15) is 5.75 Å². The van der Waals surface area contributed by atoms with Crippen LogP contribution in [0.15, 0.2) is 35.7 Å². The van der Waals surface area contributed by atoms with Gasteiger partial charge in [-0.05, 0) is 42.0 Å². The lowest BCUT2D eigenvalue weighted by molar-refractivity contribution is -0.133. The molecule has 0 bridgehead atoms. The van der Waals surface area contributed by atoms with Gasteiger partial charge >= 0.3 is 0 Å².